The predicted molar refractivity (Wildman–Crippen MR) is 47.1 cm³/mol. The highest BCUT2D eigenvalue weighted by Gasteiger charge is 2.31. The molecule has 0 aromatic carbocycles. The van der Waals surface area contributed by atoms with Gasteiger partial charge in [0.25, 0.3) is 0 Å². The molecule has 1 rings (SSSR count). The summed E-state index contributed by atoms with van der Waals surface area (Å²) in [6.45, 7) is 2.46. The summed E-state index contributed by atoms with van der Waals surface area (Å²) in [5, 5.41) is 23.4. The van der Waals surface area contributed by atoms with Gasteiger partial charge in [-0.05, 0) is 6.92 Å². The van der Waals surface area contributed by atoms with E-state index < -0.39 is 5.54 Å². The Hall–Kier alpha value is -0.650. The molecule has 0 atom stereocenters. The Kier molecular flexibility index (Phi) is 3.24. The van der Waals surface area contributed by atoms with Crippen molar-refractivity contribution in [3.05, 3.63) is 0 Å². The van der Waals surface area contributed by atoms with Gasteiger partial charge in [-0.3, -0.25) is 4.79 Å². The van der Waals surface area contributed by atoms with Crippen molar-refractivity contribution >= 4 is 5.91 Å². The van der Waals surface area contributed by atoms with Crippen molar-refractivity contribution in [2.75, 3.05) is 26.3 Å². The molecular formula is C8H16N2O3. The van der Waals surface area contributed by atoms with Crippen molar-refractivity contribution in [1.82, 2.24) is 10.6 Å². The second-order valence-electron chi connectivity index (χ2n) is 3.72. The van der Waals surface area contributed by atoms with E-state index in [9.17, 15) is 4.79 Å². The van der Waals surface area contributed by atoms with Crippen LogP contribution in [0.1, 0.15) is 6.92 Å². The summed E-state index contributed by atoms with van der Waals surface area (Å²) in [7, 11) is 0. The molecule has 5 nitrogen and oxygen atoms in total. The molecule has 76 valence electrons. The molecule has 0 aliphatic carbocycles. The number of aliphatic hydroxyl groups is 2. The first-order chi connectivity index (χ1) is 6.11. The lowest BCUT2D eigenvalue weighted by Gasteiger charge is -2.32. The zero-order valence-electron chi connectivity index (χ0n) is 7.71. The van der Waals surface area contributed by atoms with Gasteiger partial charge in [-0.15, -0.1) is 0 Å². The summed E-state index contributed by atoms with van der Waals surface area (Å²) in [6, 6.07) is 0. The highest BCUT2D eigenvalue weighted by atomic mass is 16.3. The molecule has 0 aromatic heterocycles. The van der Waals surface area contributed by atoms with Gasteiger partial charge in [-0.2, -0.15) is 0 Å². The van der Waals surface area contributed by atoms with Crippen LogP contribution in [-0.4, -0.2) is 48.0 Å². The van der Waals surface area contributed by atoms with Crippen molar-refractivity contribution in [1.29, 1.82) is 0 Å². The number of carbonyl (C=O) groups is 1. The monoisotopic (exact) mass is 188 g/mol. The minimum Gasteiger partial charge on any atom is -0.394 e. The van der Waals surface area contributed by atoms with E-state index >= 15 is 0 Å². The van der Waals surface area contributed by atoms with E-state index in [2.05, 4.69) is 10.6 Å². The van der Waals surface area contributed by atoms with E-state index in [0.29, 0.717) is 13.1 Å². The maximum Gasteiger partial charge on any atom is 0.226 e. The van der Waals surface area contributed by atoms with E-state index in [1.807, 2.05) is 0 Å². The molecule has 13 heavy (non-hydrogen) atoms. The van der Waals surface area contributed by atoms with Gasteiger partial charge >= 0.3 is 0 Å². The van der Waals surface area contributed by atoms with Crippen LogP contribution < -0.4 is 10.6 Å². The first-order valence-electron chi connectivity index (χ1n) is 4.36. The summed E-state index contributed by atoms with van der Waals surface area (Å²) in [6.07, 6.45) is 0. The van der Waals surface area contributed by atoms with Gasteiger partial charge in [0, 0.05) is 13.1 Å². The van der Waals surface area contributed by atoms with E-state index in [4.69, 9.17) is 10.2 Å². The van der Waals surface area contributed by atoms with Gasteiger partial charge in [0.05, 0.1) is 24.7 Å². The van der Waals surface area contributed by atoms with Crippen LogP contribution in [-0.2, 0) is 4.79 Å². The van der Waals surface area contributed by atoms with E-state index in [1.165, 1.54) is 0 Å². The van der Waals surface area contributed by atoms with Crippen LogP contribution in [0.5, 0.6) is 0 Å². The van der Waals surface area contributed by atoms with Crippen LogP contribution in [0.4, 0.5) is 0 Å². The first-order valence-corrected chi connectivity index (χ1v) is 4.36. The fourth-order valence-electron chi connectivity index (χ4n) is 1.00. The molecule has 1 amide bonds. The Morgan fingerprint density at radius 2 is 2.08 bits per heavy atom. The molecule has 1 aliphatic rings. The largest absolute Gasteiger partial charge is 0.394 e. The lowest BCUT2D eigenvalue weighted by Crippen LogP contribution is -2.58. The zero-order valence-corrected chi connectivity index (χ0v) is 7.71. The van der Waals surface area contributed by atoms with E-state index in [0.717, 1.165) is 0 Å². The normalized spacial score (nSPS) is 18.1. The predicted octanol–water partition coefficient (Wildman–Crippen LogP) is -1.93. The maximum atomic E-state index is 11.4. The number of nitrogens with one attached hydrogen (secondary N) is 2. The number of aliphatic hydroxyl groups excluding tert-OH is 2. The molecule has 1 fully saturated rings. The lowest BCUT2D eigenvalue weighted by molar-refractivity contribution is -0.129. The summed E-state index contributed by atoms with van der Waals surface area (Å²) >= 11 is 0. The number of amides is 1. The van der Waals surface area contributed by atoms with Crippen LogP contribution in [0.3, 0.4) is 0 Å². The molecule has 0 spiro atoms. The third kappa shape index (κ3) is 2.40. The highest BCUT2D eigenvalue weighted by Crippen LogP contribution is 2.07. The minimum absolute atomic E-state index is 0.0163. The summed E-state index contributed by atoms with van der Waals surface area (Å²) in [5.74, 6) is -0.123. The summed E-state index contributed by atoms with van der Waals surface area (Å²) in [5.41, 5.74) is -0.896. The number of rotatable bonds is 4. The Labute approximate surface area is 77.1 Å². The second kappa shape index (κ2) is 4.04. The third-order valence-electron chi connectivity index (χ3n) is 2.28. The van der Waals surface area contributed by atoms with E-state index in [-0.39, 0.29) is 25.0 Å². The molecule has 0 bridgehead atoms. The molecule has 0 radical (unpaired) electrons. The Morgan fingerprint density at radius 1 is 1.54 bits per heavy atom. The SMILES string of the molecule is CC(CO)(CO)NC(=O)C1CNC1. The molecule has 1 heterocycles. The standard InChI is InChI=1S/C8H16N2O3/c1-8(4-11,5-12)10-7(13)6-2-9-3-6/h6,9,11-12H,2-5H2,1H3,(H,10,13). The van der Waals surface area contributed by atoms with Gasteiger partial charge in [0.1, 0.15) is 0 Å². The smallest absolute Gasteiger partial charge is 0.226 e. The Balaban J connectivity index is 2.40. The molecular weight excluding hydrogens is 172 g/mol. The minimum atomic E-state index is -0.896. The van der Waals surface area contributed by atoms with Gasteiger partial charge in [0.15, 0.2) is 0 Å². The van der Waals surface area contributed by atoms with Gasteiger partial charge in [0.2, 0.25) is 5.91 Å². The topological polar surface area (TPSA) is 81.6 Å². The quantitative estimate of drug-likeness (QED) is 0.414. The van der Waals surface area contributed by atoms with Crippen LogP contribution >= 0.6 is 0 Å². The fourth-order valence-corrected chi connectivity index (χ4v) is 1.00. The van der Waals surface area contributed by atoms with Gasteiger partial charge < -0.3 is 20.8 Å². The van der Waals surface area contributed by atoms with Crippen LogP contribution in [0.2, 0.25) is 0 Å². The molecule has 1 saturated heterocycles. The second-order valence-corrected chi connectivity index (χ2v) is 3.72. The van der Waals surface area contributed by atoms with Crippen LogP contribution in [0.15, 0.2) is 0 Å². The summed E-state index contributed by atoms with van der Waals surface area (Å²) < 4.78 is 0. The van der Waals surface area contributed by atoms with Crippen molar-refractivity contribution in [2.24, 2.45) is 5.92 Å². The average molecular weight is 188 g/mol. The van der Waals surface area contributed by atoms with E-state index in [1.54, 1.807) is 6.92 Å². The fraction of sp³-hybridized carbons (Fsp3) is 0.875. The van der Waals surface area contributed by atoms with Gasteiger partial charge in [-0.25, -0.2) is 0 Å². The molecule has 0 aromatic rings. The summed E-state index contributed by atoms with van der Waals surface area (Å²) in [4.78, 5) is 11.4. The van der Waals surface area contributed by atoms with Crippen molar-refractivity contribution in [3.63, 3.8) is 0 Å². The third-order valence-corrected chi connectivity index (χ3v) is 2.28. The van der Waals surface area contributed by atoms with Crippen molar-refractivity contribution in [2.45, 2.75) is 12.5 Å². The maximum absolute atomic E-state index is 11.4. The number of carbonyl (C=O) groups excluding carboxylic acids is 1. The van der Waals surface area contributed by atoms with Gasteiger partial charge in [-0.1, -0.05) is 0 Å². The molecule has 0 unspecified atom stereocenters. The Bertz CT molecular complexity index is 188. The van der Waals surface area contributed by atoms with Crippen LogP contribution in [0, 0.1) is 5.92 Å². The molecule has 1 aliphatic heterocycles. The average Bonchev–Trinajstić information content (AvgIpc) is 2.01. The molecule has 4 N–H and O–H groups in total. The zero-order chi connectivity index (χ0) is 9.90. The van der Waals surface area contributed by atoms with Crippen LogP contribution in [0.25, 0.3) is 0 Å². The highest BCUT2D eigenvalue weighted by molar-refractivity contribution is 5.80. The molecule has 5 heteroatoms. The first kappa shape index (κ1) is 10.4. The van der Waals surface area contributed by atoms with Crippen molar-refractivity contribution in [3.8, 4) is 0 Å². The Morgan fingerprint density at radius 3 is 2.38 bits per heavy atom. The molecule has 0 saturated carbocycles. The van der Waals surface area contributed by atoms with Crippen molar-refractivity contribution < 1.29 is 15.0 Å². The number of hydrogen-bond acceptors (Lipinski definition) is 4. The number of hydrogen-bond donors (Lipinski definition) is 4. The lowest BCUT2D eigenvalue weighted by atomic mass is 9.99.